The second-order valence-corrected chi connectivity index (χ2v) is 7.00. The van der Waals surface area contributed by atoms with E-state index in [0.29, 0.717) is 17.9 Å². The number of sulfonamides is 1. The number of nitrogens with one attached hydrogen (secondary N) is 1. The highest BCUT2D eigenvalue weighted by molar-refractivity contribution is 7.89. The molecule has 4 nitrogen and oxygen atoms in total. The Hall–Kier alpha value is -1.85. The molecule has 5 heteroatoms. The van der Waals surface area contributed by atoms with Crippen molar-refractivity contribution in [3.63, 3.8) is 0 Å². The van der Waals surface area contributed by atoms with Crippen molar-refractivity contribution >= 4 is 10.0 Å². The number of methoxy groups -OCH3 is 1. The van der Waals surface area contributed by atoms with Crippen molar-refractivity contribution in [3.05, 3.63) is 59.2 Å². The van der Waals surface area contributed by atoms with E-state index in [0.717, 1.165) is 22.4 Å². The van der Waals surface area contributed by atoms with Gasteiger partial charge in [-0.15, -0.1) is 0 Å². The lowest BCUT2D eigenvalue weighted by Crippen LogP contribution is -2.26. The molecule has 0 aliphatic heterocycles. The number of ether oxygens (including phenoxy) is 1. The molecule has 2 aromatic carbocycles. The van der Waals surface area contributed by atoms with Gasteiger partial charge in [0, 0.05) is 6.54 Å². The standard InChI is InChI=1S/C17H21NO3S/c1-13-4-5-14(2)17(12-13)22(19,20)18-11-10-15-6-8-16(21-3)9-7-15/h4-9,12,18H,10-11H2,1-3H3. The van der Waals surface area contributed by atoms with Crippen LogP contribution in [0.4, 0.5) is 0 Å². The van der Waals surface area contributed by atoms with Gasteiger partial charge in [-0.05, 0) is 55.2 Å². The lowest BCUT2D eigenvalue weighted by molar-refractivity contribution is 0.414. The van der Waals surface area contributed by atoms with Crippen LogP contribution in [-0.4, -0.2) is 22.1 Å². The van der Waals surface area contributed by atoms with Crippen molar-refractivity contribution in [3.8, 4) is 5.75 Å². The van der Waals surface area contributed by atoms with Crippen LogP contribution in [0.25, 0.3) is 0 Å². The summed E-state index contributed by atoms with van der Waals surface area (Å²) in [6.07, 6.45) is 0.633. The topological polar surface area (TPSA) is 55.4 Å². The Morgan fingerprint density at radius 2 is 1.73 bits per heavy atom. The first kappa shape index (κ1) is 16.5. The highest BCUT2D eigenvalue weighted by Crippen LogP contribution is 2.17. The minimum absolute atomic E-state index is 0.349. The summed E-state index contributed by atoms with van der Waals surface area (Å²) >= 11 is 0. The van der Waals surface area contributed by atoms with Crippen LogP contribution < -0.4 is 9.46 Å². The third kappa shape index (κ3) is 4.08. The molecule has 0 bridgehead atoms. The molecule has 1 N–H and O–H groups in total. The summed E-state index contributed by atoms with van der Waals surface area (Å²) in [5.41, 5.74) is 2.74. The van der Waals surface area contributed by atoms with Gasteiger partial charge in [0.05, 0.1) is 12.0 Å². The number of benzene rings is 2. The summed E-state index contributed by atoms with van der Waals surface area (Å²) in [4.78, 5) is 0.349. The Morgan fingerprint density at radius 1 is 1.05 bits per heavy atom. The van der Waals surface area contributed by atoms with E-state index < -0.39 is 10.0 Å². The van der Waals surface area contributed by atoms with E-state index in [1.54, 1.807) is 20.1 Å². The zero-order valence-electron chi connectivity index (χ0n) is 13.1. The fourth-order valence-electron chi connectivity index (χ4n) is 2.20. The maximum atomic E-state index is 12.4. The lowest BCUT2D eigenvalue weighted by Gasteiger charge is -2.10. The van der Waals surface area contributed by atoms with Gasteiger partial charge in [-0.2, -0.15) is 0 Å². The van der Waals surface area contributed by atoms with E-state index in [1.165, 1.54) is 0 Å². The zero-order chi connectivity index (χ0) is 16.2. The Morgan fingerprint density at radius 3 is 2.36 bits per heavy atom. The van der Waals surface area contributed by atoms with Crippen LogP contribution in [0.2, 0.25) is 0 Å². The second-order valence-electron chi connectivity index (χ2n) is 5.26. The summed E-state index contributed by atoms with van der Waals surface area (Å²) in [5.74, 6) is 0.791. The van der Waals surface area contributed by atoms with Crippen molar-refractivity contribution in [2.24, 2.45) is 0 Å². The summed E-state index contributed by atoms with van der Waals surface area (Å²) in [6.45, 7) is 4.05. The molecule has 0 saturated heterocycles. The Balaban J connectivity index is 2.01. The number of hydrogen-bond donors (Lipinski definition) is 1. The summed E-state index contributed by atoms with van der Waals surface area (Å²) < 4.78 is 32.5. The molecule has 0 aromatic heterocycles. The maximum absolute atomic E-state index is 12.4. The summed E-state index contributed by atoms with van der Waals surface area (Å²) in [7, 11) is -1.85. The van der Waals surface area contributed by atoms with Gasteiger partial charge >= 0.3 is 0 Å². The van der Waals surface area contributed by atoms with E-state index in [1.807, 2.05) is 43.3 Å². The van der Waals surface area contributed by atoms with Gasteiger partial charge in [-0.25, -0.2) is 13.1 Å². The van der Waals surface area contributed by atoms with Crippen LogP contribution in [0.5, 0.6) is 5.75 Å². The first-order valence-electron chi connectivity index (χ1n) is 7.12. The van der Waals surface area contributed by atoms with Gasteiger partial charge in [0.15, 0.2) is 0 Å². The quantitative estimate of drug-likeness (QED) is 0.891. The number of hydrogen-bond acceptors (Lipinski definition) is 3. The molecule has 0 radical (unpaired) electrons. The van der Waals surface area contributed by atoms with E-state index >= 15 is 0 Å². The first-order valence-corrected chi connectivity index (χ1v) is 8.60. The average molecular weight is 319 g/mol. The molecular formula is C17H21NO3S. The molecule has 0 aliphatic carbocycles. The molecule has 118 valence electrons. The predicted octanol–water partition coefficient (Wildman–Crippen LogP) is 2.83. The van der Waals surface area contributed by atoms with Gasteiger partial charge < -0.3 is 4.74 Å². The van der Waals surface area contributed by atoms with Crippen molar-refractivity contribution in [2.75, 3.05) is 13.7 Å². The monoisotopic (exact) mass is 319 g/mol. The molecule has 0 amide bonds. The first-order chi connectivity index (χ1) is 10.4. The van der Waals surface area contributed by atoms with Crippen LogP contribution in [0.15, 0.2) is 47.4 Å². The molecule has 0 atom stereocenters. The molecule has 22 heavy (non-hydrogen) atoms. The highest BCUT2D eigenvalue weighted by Gasteiger charge is 2.16. The third-order valence-electron chi connectivity index (χ3n) is 3.50. The van der Waals surface area contributed by atoms with E-state index in [-0.39, 0.29) is 0 Å². The Bertz CT molecular complexity index is 737. The van der Waals surface area contributed by atoms with Gasteiger partial charge in [-0.3, -0.25) is 0 Å². The SMILES string of the molecule is COc1ccc(CCNS(=O)(=O)c2cc(C)ccc2C)cc1. The van der Waals surface area contributed by atoms with Gasteiger partial charge in [0.1, 0.15) is 5.75 Å². The minimum atomic E-state index is -3.47. The number of aryl methyl sites for hydroxylation is 2. The molecule has 2 aromatic rings. The van der Waals surface area contributed by atoms with Crippen LogP contribution in [0.3, 0.4) is 0 Å². The third-order valence-corrected chi connectivity index (χ3v) is 5.10. The second kappa shape index (κ2) is 6.94. The Labute approximate surface area is 132 Å². The fraction of sp³-hybridized carbons (Fsp3) is 0.294. The Kier molecular flexibility index (Phi) is 5.21. The molecule has 0 spiro atoms. The smallest absolute Gasteiger partial charge is 0.240 e. The summed E-state index contributed by atoms with van der Waals surface area (Å²) in [6, 6.07) is 13.0. The zero-order valence-corrected chi connectivity index (χ0v) is 13.9. The van der Waals surface area contributed by atoms with Crippen molar-refractivity contribution in [1.29, 1.82) is 0 Å². The van der Waals surface area contributed by atoms with Crippen LogP contribution in [0, 0.1) is 13.8 Å². The molecule has 0 unspecified atom stereocenters. The molecular weight excluding hydrogens is 298 g/mol. The van der Waals surface area contributed by atoms with E-state index in [9.17, 15) is 8.42 Å². The molecule has 2 rings (SSSR count). The average Bonchev–Trinajstić information content (AvgIpc) is 2.50. The van der Waals surface area contributed by atoms with E-state index in [2.05, 4.69) is 4.72 Å². The lowest BCUT2D eigenvalue weighted by atomic mass is 10.1. The molecule has 0 saturated carbocycles. The fourth-order valence-corrected chi connectivity index (χ4v) is 3.56. The van der Waals surface area contributed by atoms with Crippen molar-refractivity contribution in [1.82, 2.24) is 4.72 Å². The van der Waals surface area contributed by atoms with E-state index in [4.69, 9.17) is 4.74 Å². The largest absolute Gasteiger partial charge is 0.497 e. The molecule has 0 aliphatic rings. The van der Waals surface area contributed by atoms with Gasteiger partial charge in [0.2, 0.25) is 10.0 Å². The van der Waals surface area contributed by atoms with Crippen LogP contribution >= 0.6 is 0 Å². The van der Waals surface area contributed by atoms with Crippen molar-refractivity contribution < 1.29 is 13.2 Å². The molecule has 0 heterocycles. The summed E-state index contributed by atoms with van der Waals surface area (Å²) in [5, 5.41) is 0. The molecule has 0 fully saturated rings. The van der Waals surface area contributed by atoms with Gasteiger partial charge in [-0.1, -0.05) is 24.3 Å². The van der Waals surface area contributed by atoms with Crippen molar-refractivity contribution in [2.45, 2.75) is 25.2 Å². The predicted molar refractivity (Wildman–Crippen MR) is 87.8 cm³/mol. The van der Waals surface area contributed by atoms with Crippen LogP contribution in [-0.2, 0) is 16.4 Å². The normalized spacial score (nSPS) is 11.4. The van der Waals surface area contributed by atoms with Crippen LogP contribution in [0.1, 0.15) is 16.7 Å². The van der Waals surface area contributed by atoms with Gasteiger partial charge in [0.25, 0.3) is 0 Å². The highest BCUT2D eigenvalue weighted by atomic mass is 32.2. The minimum Gasteiger partial charge on any atom is -0.497 e. The number of rotatable bonds is 6. The maximum Gasteiger partial charge on any atom is 0.240 e.